The van der Waals surface area contributed by atoms with E-state index in [-0.39, 0.29) is 6.10 Å². The van der Waals surface area contributed by atoms with Gasteiger partial charge in [0.25, 0.3) is 0 Å². The Morgan fingerprint density at radius 1 is 1.18 bits per heavy atom. The standard InChI is InChI=1S/C21H35N3O3S/c1-3-15-23(2)16-9-4-5-10-19-27-21-13-17-24(18-14-21)28(25,26)22-20-11-7-6-8-12-20/h3,6-8,11-12,21-22H,1,4-5,9-10,13-19H2,2H3. The highest BCUT2D eigenvalue weighted by molar-refractivity contribution is 7.90. The second-order valence-corrected chi connectivity index (χ2v) is 9.08. The minimum Gasteiger partial charge on any atom is -0.378 e. The highest BCUT2D eigenvalue weighted by Crippen LogP contribution is 2.19. The molecule has 7 heteroatoms. The van der Waals surface area contributed by atoms with Crippen molar-refractivity contribution >= 4 is 15.9 Å². The van der Waals surface area contributed by atoms with E-state index < -0.39 is 10.2 Å². The maximum absolute atomic E-state index is 12.5. The molecular weight excluding hydrogens is 374 g/mol. The van der Waals surface area contributed by atoms with E-state index in [0.717, 1.165) is 39.0 Å². The highest BCUT2D eigenvalue weighted by Gasteiger charge is 2.28. The van der Waals surface area contributed by atoms with Crippen LogP contribution in [0.2, 0.25) is 0 Å². The predicted molar refractivity (Wildman–Crippen MR) is 116 cm³/mol. The molecule has 2 rings (SSSR count). The van der Waals surface area contributed by atoms with E-state index in [4.69, 9.17) is 4.74 Å². The van der Waals surface area contributed by atoms with Crippen LogP contribution in [0, 0.1) is 0 Å². The zero-order chi connectivity index (χ0) is 20.2. The molecule has 0 bridgehead atoms. The Labute approximate surface area is 170 Å². The number of anilines is 1. The molecule has 1 aliphatic heterocycles. The van der Waals surface area contributed by atoms with Crippen LogP contribution in [0.3, 0.4) is 0 Å². The van der Waals surface area contributed by atoms with E-state index in [2.05, 4.69) is 23.2 Å². The van der Waals surface area contributed by atoms with Gasteiger partial charge < -0.3 is 9.64 Å². The molecule has 1 aromatic carbocycles. The number of unbranched alkanes of at least 4 members (excludes halogenated alkanes) is 3. The van der Waals surface area contributed by atoms with Gasteiger partial charge in [0.05, 0.1) is 6.10 Å². The van der Waals surface area contributed by atoms with Crippen molar-refractivity contribution in [2.75, 3.05) is 44.6 Å². The third kappa shape index (κ3) is 8.31. The van der Waals surface area contributed by atoms with Crippen LogP contribution in [0.1, 0.15) is 38.5 Å². The van der Waals surface area contributed by atoms with Crippen molar-refractivity contribution in [1.82, 2.24) is 9.21 Å². The lowest BCUT2D eigenvalue weighted by atomic mass is 10.1. The van der Waals surface area contributed by atoms with Gasteiger partial charge in [-0.1, -0.05) is 37.1 Å². The molecule has 1 N–H and O–H groups in total. The molecule has 1 saturated heterocycles. The Morgan fingerprint density at radius 3 is 2.54 bits per heavy atom. The molecule has 1 aromatic rings. The Morgan fingerprint density at radius 2 is 1.86 bits per heavy atom. The zero-order valence-corrected chi connectivity index (χ0v) is 17.9. The molecule has 0 radical (unpaired) electrons. The average molecular weight is 410 g/mol. The van der Waals surface area contributed by atoms with Gasteiger partial charge >= 0.3 is 10.2 Å². The van der Waals surface area contributed by atoms with Gasteiger partial charge in [0, 0.05) is 31.9 Å². The SMILES string of the molecule is C=CCN(C)CCCCCCOC1CCN(S(=O)(=O)Nc2ccccc2)CC1. The number of ether oxygens (including phenoxy) is 1. The Balaban J connectivity index is 1.56. The summed E-state index contributed by atoms with van der Waals surface area (Å²) in [5, 5.41) is 0. The fourth-order valence-electron chi connectivity index (χ4n) is 3.36. The van der Waals surface area contributed by atoms with E-state index in [1.165, 1.54) is 23.6 Å². The van der Waals surface area contributed by atoms with Crippen LogP contribution in [0.15, 0.2) is 43.0 Å². The first-order valence-corrected chi connectivity index (χ1v) is 11.7. The van der Waals surface area contributed by atoms with E-state index in [1.54, 1.807) is 12.1 Å². The van der Waals surface area contributed by atoms with Gasteiger partial charge in [-0.25, -0.2) is 0 Å². The van der Waals surface area contributed by atoms with Crippen LogP contribution >= 0.6 is 0 Å². The molecule has 0 atom stereocenters. The van der Waals surface area contributed by atoms with E-state index >= 15 is 0 Å². The number of hydrogen-bond donors (Lipinski definition) is 1. The molecule has 0 spiro atoms. The van der Waals surface area contributed by atoms with Crippen molar-refractivity contribution in [1.29, 1.82) is 0 Å². The molecule has 1 aliphatic rings. The second kappa shape index (κ2) is 12.2. The van der Waals surface area contributed by atoms with Crippen LogP contribution in [0.5, 0.6) is 0 Å². The molecule has 1 fully saturated rings. The summed E-state index contributed by atoms with van der Waals surface area (Å²) in [7, 11) is -1.37. The zero-order valence-electron chi connectivity index (χ0n) is 17.1. The summed E-state index contributed by atoms with van der Waals surface area (Å²) >= 11 is 0. The van der Waals surface area contributed by atoms with Crippen molar-refractivity contribution in [3.05, 3.63) is 43.0 Å². The minimum atomic E-state index is -3.49. The van der Waals surface area contributed by atoms with Gasteiger partial charge in [0.15, 0.2) is 0 Å². The summed E-state index contributed by atoms with van der Waals surface area (Å²) in [5.41, 5.74) is 0.594. The van der Waals surface area contributed by atoms with Crippen LogP contribution in [-0.2, 0) is 14.9 Å². The lowest BCUT2D eigenvalue weighted by Crippen LogP contribution is -2.43. The fraction of sp³-hybridized carbons (Fsp3) is 0.619. The Hall–Kier alpha value is -1.41. The first-order valence-electron chi connectivity index (χ1n) is 10.3. The van der Waals surface area contributed by atoms with Gasteiger partial charge in [-0.2, -0.15) is 12.7 Å². The quantitative estimate of drug-likeness (QED) is 0.400. The van der Waals surface area contributed by atoms with E-state index in [9.17, 15) is 8.42 Å². The number of piperidine rings is 1. The third-order valence-electron chi connectivity index (χ3n) is 4.99. The summed E-state index contributed by atoms with van der Waals surface area (Å²) in [6.07, 6.45) is 8.27. The molecular formula is C21H35N3O3S. The van der Waals surface area contributed by atoms with Crippen molar-refractivity contribution in [3.63, 3.8) is 0 Å². The molecule has 0 amide bonds. The first-order chi connectivity index (χ1) is 13.5. The van der Waals surface area contributed by atoms with Gasteiger partial charge in [-0.15, -0.1) is 6.58 Å². The molecule has 6 nitrogen and oxygen atoms in total. The lowest BCUT2D eigenvalue weighted by molar-refractivity contribution is 0.0193. The maximum Gasteiger partial charge on any atom is 0.301 e. The number of para-hydroxylation sites is 1. The van der Waals surface area contributed by atoms with E-state index in [1.807, 2.05) is 24.3 Å². The van der Waals surface area contributed by atoms with Crippen molar-refractivity contribution < 1.29 is 13.2 Å². The summed E-state index contributed by atoms with van der Waals surface area (Å²) in [4.78, 5) is 2.28. The summed E-state index contributed by atoms with van der Waals surface area (Å²) in [6, 6.07) is 9.01. The van der Waals surface area contributed by atoms with Gasteiger partial charge in [-0.05, 0) is 51.4 Å². The Kier molecular flexibility index (Phi) is 9.98. The molecule has 0 aromatic heterocycles. The maximum atomic E-state index is 12.5. The molecule has 0 unspecified atom stereocenters. The number of nitrogens with zero attached hydrogens (tertiary/aromatic N) is 2. The van der Waals surface area contributed by atoms with Crippen LogP contribution in [0.25, 0.3) is 0 Å². The largest absolute Gasteiger partial charge is 0.378 e. The highest BCUT2D eigenvalue weighted by atomic mass is 32.2. The molecule has 28 heavy (non-hydrogen) atoms. The normalized spacial score (nSPS) is 16.4. The number of rotatable bonds is 13. The molecule has 158 valence electrons. The number of benzene rings is 1. The van der Waals surface area contributed by atoms with Crippen LogP contribution < -0.4 is 4.72 Å². The van der Waals surface area contributed by atoms with Crippen molar-refractivity contribution in [3.8, 4) is 0 Å². The number of likely N-dealkylation sites (N-methyl/N-ethyl adjacent to an activating group) is 1. The van der Waals surface area contributed by atoms with Gasteiger partial charge in [-0.3, -0.25) is 4.72 Å². The summed E-state index contributed by atoms with van der Waals surface area (Å²) in [6.45, 7) is 7.57. The fourth-order valence-corrected chi connectivity index (χ4v) is 4.61. The van der Waals surface area contributed by atoms with Crippen molar-refractivity contribution in [2.45, 2.75) is 44.6 Å². The van der Waals surface area contributed by atoms with Gasteiger partial charge in [0.2, 0.25) is 0 Å². The van der Waals surface area contributed by atoms with Gasteiger partial charge in [0.1, 0.15) is 0 Å². The lowest BCUT2D eigenvalue weighted by Gasteiger charge is -2.31. The first kappa shape index (κ1) is 22.9. The molecule has 1 heterocycles. The van der Waals surface area contributed by atoms with E-state index in [0.29, 0.717) is 18.8 Å². The monoisotopic (exact) mass is 409 g/mol. The summed E-state index contributed by atoms with van der Waals surface area (Å²) < 4.78 is 35.1. The van der Waals surface area contributed by atoms with Crippen LogP contribution in [-0.4, -0.2) is 63.6 Å². The molecule has 0 aliphatic carbocycles. The topological polar surface area (TPSA) is 61.9 Å². The number of nitrogens with one attached hydrogen (secondary N) is 1. The Bertz CT molecular complexity index is 659. The summed E-state index contributed by atoms with van der Waals surface area (Å²) in [5.74, 6) is 0. The van der Waals surface area contributed by atoms with Crippen molar-refractivity contribution in [2.24, 2.45) is 0 Å². The number of hydrogen-bond acceptors (Lipinski definition) is 4. The van der Waals surface area contributed by atoms with Crippen LogP contribution in [0.4, 0.5) is 5.69 Å². The second-order valence-electron chi connectivity index (χ2n) is 7.41. The minimum absolute atomic E-state index is 0.168. The smallest absolute Gasteiger partial charge is 0.301 e. The predicted octanol–water partition coefficient (Wildman–Crippen LogP) is 3.50. The molecule has 0 saturated carbocycles. The average Bonchev–Trinajstić information content (AvgIpc) is 2.68. The third-order valence-corrected chi connectivity index (χ3v) is 6.53.